The molecule has 0 spiro atoms. The van der Waals surface area contributed by atoms with Crippen molar-refractivity contribution in [2.75, 3.05) is 11.9 Å². The highest BCUT2D eigenvalue weighted by Crippen LogP contribution is 2.34. The summed E-state index contributed by atoms with van der Waals surface area (Å²) >= 11 is 6.32. The van der Waals surface area contributed by atoms with Crippen molar-refractivity contribution in [2.45, 2.75) is 31.7 Å². The minimum atomic E-state index is -0.794. The number of rotatable bonds is 2. The predicted molar refractivity (Wildman–Crippen MR) is 94.7 cm³/mol. The van der Waals surface area contributed by atoms with Crippen molar-refractivity contribution in [1.29, 1.82) is 0 Å². The van der Waals surface area contributed by atoms with Gasteiger partial charge in [-0.25, -0.2) is 13.6 Å². The Labute approximate surface area is 150 Å². The van der Waals surface area contributed by atoms with Crippen molar-refractivity contribution in [3.8, 4) is 0 Å². The van der Waals surface area contributed by atoms with Crippen LogP contribution in [0.4, 0.5) is 19.3 Å². The van der Waals surface area contributed by atoms with Gasteiger partial charge in [-0.2, -0.15) is 0 Å². The van der Waals surface area contributed by atoms with Gasteiger partial charge in [-0.3, -0.25) is 0 Å². The van der Waals surface area contributed by atoms with Crippen LogP contribution in [0, 0.1) is 11.6 Å². The van der Waals surface area contributed by atoms with Crippen LogP contribution in [0.25, 0.3) is 0 Å². The van der Waals surface area contributed by atoms with Crippen molar-refractivity contribution < 1.29 is 13.6 Å². The number of halogens is 3. The number of carbonyl (C=O) groups excluding carboxylic acids is 1. The third-order valence-electron chi connectivity index (χ3n) is 4.45. The number of urea groups is 1. The highest BCUT2D eigenvalue weighted by molar-refractivity contribution is 6.31. The molecule has 3 nitrogen and oxygen atoms in total. The van der Waals surface area contributed by atoms with Gasteiger partial charge in [-0.15, -0.1) is 0 Å². The molecule has 1 N–H and O–H groups in total. The van der Waals surface area contributed by atoms with Gasteiger partial charge in [-0.1, -0.05) is 42.6 Å². The van der Waals surface area contributed by atoms with Crippen molar-refractivity contribution in [3.63, 3.8) is 0 Å². The second-order valence-electron chi connectivity index (χ2n) is 6.13. The average molecular weight is 365 g/mol. The van der Waals surface area contributed by atoms with E-state index in [2.05, 4.69) is 5.32 Å². The first-order chi connectivity index (χ1) is 12.1. The summed E-state index contributed by atoms with van der Waals surface area (Å²) in [6.07, 6.45) is 3.68. The number of amides is 2. The summed E-state index contributed by atoms with van der Waals surface area (Å²) in [6.45, 7) is 0.560. The van der Waals surface area contributed by atoms with Crippen LogP contribution >= 0.6 is 11.6 Å². The first-order valence-corrected chi connectivity index (χ1v) is 8.71. The maximum Gasteiger partial charge on any atom is 0.322 e. The number of hydrogen-bond donors (Lipinski definition) is 1. The minimum Gasteiger partial charge on any atom is -0.317 e. The van der Waals surface area contributed by atoms with Gasteiger partial charge >= 0.3 is 6.03 Å². The van der Waals surface area contributed by atoms with Crippen LogP contribution in [0.5, 0.6) is 0 Å². The zero-order valence-electron chi connectivity index (χ0n) is 13.6. The summed E-state index contributed by atoms with van der Waals surface area (Å²) in [5.74, 6) is -1.48. The van der Waals surface area contributed by atoms with Crippen molar-refractivity contribution in [1.82, 2.24) is 4.90 Å². The smallest absolute Gasteiger partial charge is 0.317 e. The molecule has 132 valence electrons. The Morgan fingerprint density at radius 2 is 1.92 bits per heavy atom. The minimum absolute atomic E-state index is 0.0337. The molecular weight excluding hydrogens is 346 g/mol. The number of carbonyl (C=O) groups is 1. The fourth-order valence-electron chi connectivity index (χ4n) is 3.20. The lowest BCUT2D eigenvalue weighted by molar-refractivity contribution is 0.189. The zero-order valence-corrected chi connectivity index (χ0v) is 14.4. The van der Waals surface area contributed by atoms with Crippen molar-refractivity contribution in [2.24, 2.45) is 0 Å². The summed E-state index contributed by atoms with van der Waals surface area (Å²) < 4.78 is 26.9. The van der Waals surface area contributed by atoms with E-state index in [-0.39, 0.29) is 11.7 Å². The molecule has 25 heavy (non-hydrogen) atoms. The molecule has 2 aromatic rings. The van der Waals surface area contributed by atoms with Crippen LogP contribution in [-0.2, 0) is 0 Å². The quantitative estimate of drug-likeness (QED) is 0.721. The molecule has 1 fully saturated rings. The summed E-state index contributed by atoms with van der Waals surface area (Å²) in [6, 6.07) is 9.98. The van der Waals surface area contributed by atoms with Crippen LogP contribution in [-0.4, -0.2) is 17.5 Å². The molecule has 0 bridgehead atoms. The fraction of sp³-hybridized carbons (Fsp3) is 0.316. The Bertz CT molecular complexity index is 769. The van der Waals surface area contributed by atoms with Gasteiger partial charge in [0.05, 0.1) is 11.7 Å². The summed E-state index contributed by atoms with van der Waals surface area (Å²) in [5, 5.41) is 3.17. The highest BCUT2D eigenvalue weighted by atomic mass is 35.5. The number of benzene rings is 2. The average Bonchev–Trinajstić information content (AvgIpc) is 2.84. The first-order valence-electron chi connectivity index (χ1n) is 8.33. The van der Waals surface area contributed by atoms with E-state index in [4.69, 9.17) is 11.6 Å². The zero-order chi connectivity index (χ0) is 17.8. The lowest BCUT2D eigenvalue weighted by Crippen LogP contribution is -2.38. The Morgan fingerprint density at radius 3 is 2.68 bits per heavy atom. The van der Waals surface area contributed by atoms with Gasteiger partial charge in [0.1, 0.15) is 11.6 Å². The topological polar surface area (TPSA) is 32.3 Å². The molecule has 0 aliphatic carbocycles. The van der Waals surface area contributed by atoms with Crippen LogP contribution in [0.3, 0.4) is 0 Å². The van der Waals surface area contributed by atoms with Crippen LogP contribution in [0.15, 0.2) is 42.5 Å². The molecule has 1 aliphatic rings. The largest absolute Gasteiger partial charge is 0.322 e. The van der Waals surface area contributed by atoms with Crippen LogP contribution in [0.2, 0.25) is 5.02 Å². The molecule has 2 amide bonds. The summed E-state index contributed by atoms with van der Waals surface area (Å²) in [4.78, 5) is 14.5. The van der Waals surface area contributed by atoms with E-state index in [1.807, 2.05) is 18.2 Å². The Kier molecular flexibility index (Phi) is 5.53. The number of nitrogens with zero attached hydrogens (tertiary/aromatic N) is 1. The molecule has 0 saturated carbocycles. The molecule has 0 radical (unpaired) electrons. The highest BCUT2D eigenvalue weighted by Gasteiger charge is 2.28. The van der Waals surface area contributed by atoms with Gasteiger partial charge in [0.2, 0.25) is 0 Å². The summed E-state index contributed by atoms with van der Waals surface area (Å²) in [7, 11) is 0. The maximum absolute atomic E-state index is 13.8. The van der Waals surface area contributed by atoms with Crippen molar-refractivity contribution in [3.05, 3.63) is 64.7 Å². The van der Waals surface area contributed by atoms with E-state index < -0.39 is 17.7 Å². The number of anilines is 1. The standard InChI is InChI=1S/C19H19ClF2N2O/c20-15-7-4-3-6-14(15)18-8-2-1-5-11-24(18)19(25)23-17-10-9-13(21)12-16(17)22/h3-4,6-7,9-10,12,18H,1-2,5,8,11H2,(H,23,25)/t18-/m0/s1. The fourth-order valence-corrected chi connectivity index (χ4v) is 3.46. The van der Waals surface area contributed by atoms with Crippen LogP contribution < -0.4 is 5.32 Å². The summed E-state index contributed by atoms with van der Waals surface area (Å²) in [5.41, 5.74) is 0.856. The molecule has 1 aliphatic heterocycles. The molecular formula is C19H19ClF2N2O. The van der Waals surface area contributed by atoms with E-state index in [9.17, 15) is 13.6 Å². The second-order valence-corrected chi connectivity index (χ2v) is 6.54. The van der Waals surface area contributed by atoms with Gasteiger partial charge in [0, 0.05) is 17.6 Å². The van der Waals surface area contributed by atoms with Gasteiger partial charge in [0.15, 0.2) is 0 Å². The molecule has 0 unspecified atom stereocenters. The van der Waals surface area contributed by atoms with E-state index in [1.165, 1.54) is 6.07 Å². The molecule has 1 heterocycles. The Hall–Kier alpha value is -2.14. The SMILES string of the molecule is O=C(Nc1ccc(F)cc1F)N1CCCCC[C@H]1c1ccccc1Cl. The third-order valence-corrected chi connectivity index (χ3v) is 4.79. The van der Waals surface area contributed by atoms with Gasteiger partial charge in [0.25, 0.3) is 0 Å². The molecule has 0 aromatic heterocycles. The third kappa shape index (κ3) is 4.10. The second kappa shape index (κ2) is 7.83. The van der Waals surface area contributed by atoms with E-state index >= 15 is 0 Å². The lowest BCUT2D eigenvalue weighted by atomic mass is 10.0. The van der Waals surface area contributed by atoms with Gasteiger partial charge < -0.3 is 10.2 Å². The Balaban J connectivity index is 1.86. The number of likely N-dealkylation sites (tertiary alicyclic amines) is 1. The number of hydrogen-bond acceptors (Lipinski definition) is 1. The normalized spacial score (nSPS) is 17.9. The van der Waals surface area contributed by atoms with E-state index in [0.717, 1.165) is 43.4 Å². The molecule has 3 rings (SSSR count). The van der Waals surface area contributed by atoms with Crippen molar-refractivity contribution >= 4 is 23.3 Å². The number of nitrogens with one attached hydrogen (secondary N) is 1. The lowest BCUT2D eigenvalue weighted by Gasteiger charge is -2.31. The maximum atomic E-state index is 13.8. The predicted octanol–water partition coefficient (Wildman–Crippen LogP) is 5.77. The Morgan fingerprint density at radius 1 is 1.12 bits per heavy atom. The molecule has 2 aromatic carbocycles. The van der Waals surface area contributed by atoms with E-state index in [0.29, 0.717) is 11.6 Å². The van der Waals surface area contributed by atoms with E-state index in [1.54, 1.807) is 11.0 Å². The molecule has 1 atom stereocenters. The molecule has 6 heteroatoms. The monoisotopic (exact) mass is 364 g/mol. The van der Waals surface area contributed by atoms with Crippen LogP contribution in [0.1, 0.15) is 37.3 Å². The molecule has 1 saturated heterocycles. The first kappa shape index (κ1) is 17.7. The van der Waals surface area contributed by atoms with Gasteiger partial charge in [-0.05, 0) is 36.6 Å².